The number of methoxy groups -OCH3 is 1. The summed E-state index contributed by atoms with van der Waals surface area (Å²) in [4.78, 5) is 11.7. The predicted molar refractivity (Wildman–Crippen MR) is 114 cm³/mol. The van der Waals surface area contributed by atoms with Crippen LogP contribution in [0.1, 0.15) is 60.9 Å². The van der Waals surface area contributed by atoms with Crippen LogP contribution in [-0.4, -0.2) is 36.4 Å². The minimum absolute atomic E-state index is 0. The second-order valence-corrected chi connectivity index (χ2v) is 8.67. The molecule has 1 aliphatic carbocycles. The molecule has 0 atom stereocenters. The minimum atomic E-state index is -0.0692. The monoisotopic (exact) mass is 421 g/mol. The van der Waals surface area contributed by atoms with Gasteiger partial charge in [0.05, 0.1) is 13.0 Å². The van der Waals surface area contributed by atoms with Crippen LogP contribution in [-0.2, 0) is 9.53 Å². The van der Waals surface area contributed by atoms with Gasteiger partial charge < -0.3 is 10.1 Å². The zero-order valence-electron chi connectivity index (χ0n) is 16.2. The molecular weight excluding hydrogens is 394 g/mol. The summed E-state index contributed by atoms with van der Waals surface area (Å²) in [6.07, 6.45) is 6.19. The molecule has 0 radical (unpaired) electrons. The highest BCUT2D eigenvalue weighted by Gasteiger charge is 2.29. The molecule has 0 spiro atoms. The molecule has 0 bridgehead atoms. The SMILES string of the molecule is COC(=O)[C@H]1CC[C@@H](c2nnc(-c3ccc(C4CCNCC4)cc3)s2)CC1.Cl. The number of carbonyl (C=O) groups excluding carboxylic acids is 1. The van der Waals surface area contributed by atoms with Gasteiger partial charge in [0.15, 0.2) is 0 Å². The molecule has 2 fully saturated rings. The average Bonchev–Trinajstić information content (AvgIpc) is 3.24. The lowest BCUT2D eigenvalue weighted by atomic mass is 9.82. The van der Waals surface area contributed by atoms with Gasteiger partial charge in [-0.25, -0.2) is 0 Å². The third-order valence-corrected chi connectivity index (χ3v) is 7.15. The van der Waals surface area contributed by atoms with Crippen molar-refractivity contribution in [2.75, 3.05) is 20.2 Å². The zero-order valence-corrected chi connectivity index (χ0v) is 17.9. The van der Waals surface area contributed by atoms with Gasteiger partial charge in [-0.05, 0) is 63.1 Å². The second-order valence-electron chi connectivity index (χ2n) is 7.66. The summed E-state index contributed by atoms with van der Waals surface area (Å²) >= 11 is 1.70. The van der Waals surface area contributed by atoms with Gasteiger partial charge in [0.25, 0.3) is 0 Å². The van der Waals surface area contributed by atoms with Gasteiger partial charge in [-0.2, -0.15) is 0 Å². The number of piperidine rings is 1. The quantitative estimate of drug-likeness (QED) is 0.734. The number of nitrogens with one attached hydrogen (secondary N) is 1. The lowest BCUT2D eigenvalue weighted by Crippen LogP contribution is -2.26. The highest BCUT2D eigenvalue weighted by atomic mass is 35.5. The summed E-state index contributed by atoms with van der Waals surface area (Å²) in [7, 11) is 1.47. The number of nitrogens with zero attached hydrogens (tertiary/aromatic N) is 2. The fourth-order valence-electron chi connectivity index (χ4n) is 4.31. The molecule has 2 aliphatic rings. The van der Waals surface area contributed by atoms with Crippen molar-refractivity contribution in [1.82, 2.24) is 15.5 Å². The summed E-state index contributed by atoms with van der Waals surface area (Å²) in [6, 6.07) is 8.90. The first-order valence-corrected chi connectivity index (χ1v) is 10.8. The van der Waals surface area contributed by atoms with Crippen molar-refractivity contribution in [1.29, 1.82) is 0 Å². The molecule has 152 valence electrons. The van der Waals surface area contributed by atoms with Crippen LogP contribution in [0.15, 0.2) is 24.3 Å². The van der Waals surface area contributed by atoms with Crippen LogP contribution < -0.4 is 5.32 Å². The standard InChI is InChI=1S/C21H27N3O2S.ClH/c1-26-21(25)18-8-6-17(7-9-18)20-24-23-19(27-20)16-4-2-14(3-5-16)15-10-12-22-13-11-15;/h2-5,15,17-18,22H,6-13H2,1H3;1H/t17-,18+;. The van der Waals surface area contributed by atoms with E-state index in [0.29, 0.717) is 11.8 Å². The van der Waals surface area contributed by atoms with E-state index < -0.39 is 0 Å². The fourth-order valence-corrected chi connectivity index (χ4v) is 5.33. The largest absolute Gasteiger partial charge is 0.469 e. The first kappa shape index (κ1) is 21.2. The van der Waals surface area contributed by atoms with Crippen molar-refractivity contribution in [2.45, 2.75) is 50.4 Å². The molecule has 2 heterocycles. The van der Waals surface area contributed by atoms with E-state index in [9.17, 15) is 4.79 Å². The highest BCUT2D eigenvalue weighted by Crippen LogP contribution is 2.39. The van der Waals surface area contributed by atoms with E-state index in [0.717, 1.165) is 54.4 Å². The van der Waals surface area contributed by atoms with Gasteiger partial charge in [0.2, 0.25) is 0 Å². The van der Waals surface area contributed by atoms with Gasteiger partial charge >= 0.3 is 5.97 Å². The molecule has 0 unspecified atom stereocenters. The smallest absolute Gasteiger partial charge is 0.308 e. The Bertz CT molecular complexity index is 766. The summed E-state index contributed by atoms with van der Waals surface area (Å²) < 4.78 is 4.88. The van der Waals surface area contributed by atoms with Gasteiger partial charge in [0, 0.05) is 11.5 Å². The van der Waals surface area contributed by atoms with E-state index in [2.05, 4.69) is 39.8 Å². The number of halogens is 1. The van der Waals surface area contributed by atoms with Crippen molar-refractivity contribution < 1.29 is 9.53 Å². The molecule has 28 heavy (non-hydrogen) atoms. The molecule has 1 aromatic heterocycles. The Hall–Kier alpha value is -1.50. The maximum atomic E-state index is 11.7. The van der Waals surface area contributed by atoms with Crippen molar-refractivity contribution in [2.24, 2.45) is 5.92 Å². The molecule has 1 N–H and O–H groups in total. The van der Waals surface area contributed by atoms with Crippen molar-refractivity contribution in [3.63, 3.8) is 0 Å². The number of carbonyl (C=O) groups is 1. The van der Waals surface area contributed by atoms with E-state index in [1.54, 1.807) is 11.3 Å². The third kappa shape index (κ3) is 4.73. The molecule has 1 saturated carbocycles. The van der Waals surface area contributed by atoms with Crippen LogP contribution >= 0.6 is 23.7 Å². The molecule has 4 rings (SSSR count). The van der Waals surface area contributed by atoms with Crippen molar-refractivity contribution in [3.8, 4) is 10.6 Å². The topological polar surface area (TPSA) is 64.1 Å². The highest BCUT2D eigenvalue weighted by molar-refractivity contribution is 7.14. The third-order valence-electron chi connectivity index (χ3n) is 6.02. The number of rotatable bonds is 4. The summed E-state index contributed by atoms with van der Waals surface area (Å²) in [5.74, 6) is 1.09. The van der Waals surface area contributed by atoms with E-state index >= 15 is 0 Å². The molecule has 5 nitrogen and oxygen atoms in total. The molecule has 0 amide bonds. The first-order chi connectivity index (χ1) is 13.2. The molecule has 1 aromatic carbocycles. The number of hydrogen-bond donors (Lipinski definition) is 1. The van der Waals surface area contributed by atoms with Gasteiger partial charge in [0.1, 0.15) is 10.0 Å². The van der Waals surface area contributed by atoms with E-state index in [4.69, 9.17) is 4.74 Å². The number of esters is 1. The fraction of sp³-hybridized carbons (Fsp3) is 0.571. The maximum absolute atomic E-state index is 11.7. The summed E-state index contributed by atoms with van der Waals surface area (Å²) in [5, 5.41) is 14.4. The Morgan fingerprint density at radius 1 is 1.00 bits per heavy atom. The van der Waals surface area contributed by atoms with Crippen LogP contribution in [0, 0.1) is 5.92 Å². The Morgan fingerprint density at radius 2 is 1.68 bits per heavy atom. The van der Waals surface area contributed by atoms with Crippen LogP contribution in [0.25, 0.3) is 10.6 Å². The van der Waals surface area contributed by atoms with Gasteiger partial charge in [-0.1, -0.05) is 35.6 Å². The zero-order chi connectivity index (χ0) is 18.6. The summed E-state index contributed by atoms with van der Waals surface area (Å²) in [5.41, 5.74) is 2.59. The Labute approximate surface area is 176 Å². The van der Waals surface area contributed by atoms with Crippen LogP contribution in [0.5, 0.6) is 0 Å². The van der Waals surface area contributed by atoms with Gasteiger partial charge in [-0.15, -0.1) is 22.6 Å². The Kier molecular flexibility index (Phi) is 7.43. The Balaban J connectivity index is 0.00000225. The first-order valence-electron chi connectivity index (χ1n) is 9.97. The molecule has 7 heteroatoms. The van der Waals surface area contributed by atoms with E-state index in [1.807, 2.05) is 0 Å². The molecular formula is C21H28ClN3O2S. The Morgan fingerprint density at radius 3 is 2.32 bits per heavy atom. The van der Waals surface area contributed by atoms with Crippen LogP contribution in [0.3, 0.4) is 0 Å². The minimum Gasteiger partial charge on any atom is -0.469 e. The lowest BCUT2D eigenvalue weighted by Gasteiger charge is -2.25. The predicted octanol–water partition coefficient (Wildman–Crippen LogP) is 4.54. The average molecular weight is 422 g/mol. The maximum Gasteiger partial charge on any atom is 0.308 e. The molecule has 2 aromatic rings. The number of ether oxygens (including phenoxy) is 1. The van der Waals surface area contributed by atoms with Crippen molar-refractivity contribution >= 4 is 29.7 Å². The van der Waals surface area contributed by atoms with Crippen molar-refractivity contribution in [3.05, 3.63) is 34.8 Å². The summed E-state index contributed by atoms with van der Waals surface area (Å²) in [6.45, 7) is 2.23. The number of aromatic nitrogens is 2. The van der Waals surface area contributed by atoms with Gasteiger partial charge in [-0.3, -0.25) is 4.79 Å². The number of hydrogen-bond acceptors (Lipinski definition) is 6. The normalized spacial score (nSPS) is 23.0. The molecule has 1 aliphatic heterocycles. The van der Waals surface area contributed by atoms with Crippen LogP contribution in [0.4, 0.5) is 0 Å². The lowest BCUT2D eigenvalue weighted by molar-refractivity contribution is -0.146. The number of benzene rings is 1. The van der Waals surface area contributed by atoms with E-state index in [1.165, 1.54) is 25.5 Å². The van der Waals surface area contributed by atoms with E-state index in [-0.39, 0.29) is 24.3 Å². The van der Waals surface area contributed by atoms with Crippen LogP contribution in [0.2, 0.25) is 0 Å². The second kappa shape index (κ2) is 9.81. The molecule has 1 saturated heterocycles.